The fraction of sp³-hybridized carbons (Fsp3) is 0.259. The first-order valence-electron chi connectivity index (χ1n) is 11.6. The minimum absolute atomic E-state index is 0.0127. The van der Waals surface area contributed by atoms with Crippen LogP contribution in [0.5, 0.6) is 0 Å². The van der Waals surface area contributed by atoms with Gasteiger partial charge in [-0.15, -0.1) is 0 Å². The van der Waals surface area contributed by atoms with Crippen molar-refractivity contribution in [1.82, 2.24) is 9.80 Å². The third-order valence-electron chi connectivity index (χ3n) is 6.17. The molecule has 1 atom stereocenters. The second-order valence-electron chi connectivity index (χ2n) is 8.81. The standard InChI is InChI=1S/C27H22F6N2O3/c28-26(29,30)21-13-20(14-22(15-21)27(31,32)33)25(37)35-10-9-34(24(36)7-6-19-8-11-38-17-19)16-23(35)12-18-4-2-1-3-5-18/h1-8,11,13-15,17,23H,9-10,12,16H2/b7-6+/t23-/m1/s1. The molecule has 3 aromatic rings. The average molecular weight is 536 g/mol. The van der Waals surface area contributed by atoms with E-state index in [4.69, 9.17) is 4.42 Å². The van der Waals surface area contributed by atoms with Gasteiger partial charge in [0.1, 0.15) is 0 Å². The highest BCUT2D eigenvalue weighted by atomic mass is 19.4. The van der Waals surface area contributed by atoms with E-state index in [1.165, 1.54) is 28.4 Å². The van der Waals surface area contributed by atoms with Crippen LogP contribution in [-0.2, 0) is 23.6 Å². The van der Waals surface area contributed by atoms with Gasteiger partial charge in [-0.05, 0) is 42.3 Å². The summed E-state index contributed by atoms with van der Waals surface area (Å²) >= 11 is 0. The van der Waals surface area contributed by atoms with Gasteiger partial charge < -0.3 is 14.2 Å². The van der Waals surface area contributed by atoms with Crippen molar-refractivity contribution in [2.24, 2.45) is 0 Å². The van der Waals surface area contributed by atoms with E-state index in [0.29, 0.717) is 17.7 Å². The molecule has 2 heterocycles. The Balaban J connectivity index is 1.63. The molecule has 2 aromatic carbocycles. The van der Waals surface area contributed by atoms with E-state index < -0.39 is 41.0 Å². The monoisotopic (exact) mass is 536 g/mol. The van der Waals surface area contributed by atoms with Crippen molar-refractivity contribution in [3.63, 3.8) is 0 Å². The number of furan rings is 1. The average Bonchev–Trinajstić information content (AvgIpc) is 3.40. The fourth-order valence-electron chi connectivity index (χ4n) is 4.27. The Labute approximate surface area is 213 Å². The molecule has 0 N–H and O–H groups in total. The number of amides is 2. The van der Waals surface area contributed by atoms with Crippen LogP contribution in [0.15, 0.2) is 77.6 Å². The Morgan fingerprint density at radius 2 is 1.58 bits per heavy atom. The van der Waals surface area contributed by atoms with Crippen molar-refractivity contribution >= 4 is 17.9 Å². The number of carbonyl (C=O) groups is 2. The molecule has 11 heteroatoms. The Kier molecular flexibility index (Phi) is 7.66. The van der Waals surface area contributed by atoms with Gasteiger partial charge in [-0.25, -0.2) is 0 Å². The van der Waals surface area contributed by atoms with Gasteiger partial charge in [0.15, 0.2) is 0 Å². The molecule has 1 aliphatic rings. The number of alkyl halides is 6. The highest BCUT2D eigenvalue weighted by Crippen LogP contribution is 2.37. The van der Waals surface area contributed by atoms with E-state index in [1.54, 1.807) is 42.5 Å². The molecular weight excluding hydrogens is 514 g/mol. The second-order valence-corrected chi connectivity index (χ2v) is 8.81. The highest BCUT2D eigenvalue weighted by Gasteiger charge is 2.39. The SMILES string of the molecule is O=C(/C=C/c1ccoc1)N1CCN(C(=O)c2cc(C(F)(F)F)cc(C(F)(F)F)c2)[C@H](Cc2ccccc2)C1. The number of benzene rings is 2. The first-order chi connectivity index (χ1) is 17.9. The van der Waals surface area contributed by atoms with Crippen LogP contribution in [0.25, 0.3) is 6.08 Å². The van der Waals surface area contributed by atoms with Crippen LogP contribution in [0.4, 0.5) is 26.3 Å². The van der Waals surface area contributed by atoms with Crippen molar-refractivity contribution in [3.05, 3.63) is 101 Å². The molecule has 5 nitrogen and oxygen atoms in total. The maximum Gasteiger partial charge on any atom is 0.416 e. The van der Waals surface area contributed by atoms with Crippen molar-refractivity contribution in [3.8, 4) is 0 Å². The van der Waals surface area contributed by atoms with Crippen LogP contribution in [0.3, 0.4) is 0 Å². The van der Waals surface area contributed by atoms with Gasteiger partial charge in [0, 0.05) is 36.8 Å². The summed E-state index contributed by atoms with van der Waals surface area (Å²) in [6.07, 6.45) is -4.13. The topological polar surface area (TPSA) is 53.8 Å². The summed E-state index contributed by atoms with van der Waals surface area (Å²) in [6, 6.07) is 10.7. The summed E-state index contributed by atoms with van der Waals surface area (Å²) in [4.78, 5) is 28.9. The summed E-state index contributed by atoms with van der Waals surface area (Å²) in [5, 5.41) is 0. The lowest BCUT2D eigenvalue weighted by atomic mass is 9.99. The van der Waals surface area contributed by atoms with E-state index in [-0.39, 0.29) is 38.0 Å². The van der Waals surface area contributed by atoms with Crippen LogP contribution in [0.1, 0.15) is 32.6 Å². The molecule has 0 unspecified atom stereocenters. The second kappa shape index (κ2) is 10.8. The van der Waals surface area contributed by atoms with Crippen LogP contribution >= 0.6 is 0 Å². The zero-order valence-corrected chi connectivity index (χ0v) is 19.8. The van der Waals surface area contributed by atoms with Gasteiger partial charge in [-0.3, -0.25) is 9.59 Å². The van der Waals surface area contributed by atoms with Gasteiger partial charge in [0.05, 0.1) is 29.7 Å². The van der Waals surface area contributed by atoms with Crippen molar-refractivity contribution in [2.45, 2.75) is 24.8 Å². The maximum atomic E-state index is 13.4. The first-order valence-corrected chi connectivity index (χ1v) is 11.6. The number of piperazine rings is 1. The predicted octanol–water partition coefficient (Wildman–Crippen LogP) is 5.93. The summed E-state index contributed by atoms with van der Waals surface area (Å²) in [5.74, 6) is -1.32. The molecular formula is C27H22F6N2O3. The van der Waals surface area contributed by atoms with E-state index in [0.717, 1.165) is 5.56 Å². The molecule has 0 bridgehead atoms. The number of nitrogens with zero attached hydrogens (tertiary/aromatic N) is 2. The first kappa shape index (κ1) is 27.0. The van der Waals surface area contributed by atoms with Crippen LogP contribution in [0, 0.1) is 0 Å². The third-order valence-corrected chi connectivity index (χ3v) is 6.17. The van der Waals surface area contributed by atoms with Crippen molar-refractivity contribution in [1.29, 1.82) is 0 Å². The normalized spacial score (nSPS) is 16.7. The lowest BCUT2D eigenvalue weighted by Gasteiger charge is -2.41. The molecule has 1 saturated heterocycles. The molecule has 2 amide bonds. The van der Waals surface area contributed by atoms with E-state index >= 15 is 0 Å². The Hall–Kier alpha value is -4.02. The summed E-state index contributed by atoms with van der Waals surface area (Å²) in [7, 11) is 0. The van der Waals surface area contributed by atoms with Crippen LogP contribution < -0.4 is 0 Å². The van der Waals surface area contributed by atoms with E-state index in [9.17, 15) is 35.9 Å². The molecule has 200 valence electrons. The zero-order valence-electron chi connectivity index (χ0n) is 19.8. The Morgan fingerprint density at radius 1 is 0.921 bits per heavy atom. The molecule has 0 saturated carbocycles. The summed E-state index contributed by atoms with van der Waals surface area (Å²) in [5.41, 5.74) is -2.39. The summed E-state index contributed by atoms with van der Waals surface area (Å²) in [6.45, 7) is 0.0240. The van der Waals surface area contributed by atoms with Crippen molar-refractivity contribution < 1.29 is 40.3 Å². The number of hydrogen-bond acceptors (Lipinski definition) is 3. The minimum atomic E-state index is -5.08. The van der Waals surface area contributed by atoms with Gasteiger partial charge in [-0.1, -0.05) is 30.3 Å². The molecule has 0 spiro atoms. The number of carbonyl (C=O) groups excluding carboxylic acids is 2. The van der Waals surface area contributed by atoms with Gasteiger partial charge in [-0.2, -0.15) is 26.3 Å². The smallest absolute Gasteiger partial charge is 0.416 e. The highest BCUT2D eigenvalue weighted by molar-refractivity contribution is 5.96. The quantitative estimate of drug-likeness (QED) is 0.300. The fourth-order valence-corrected chi connectivity index (χ4v) is 4.27. The number of rotatable bonds is 5. The van der Waals surface area contributed by atoms with E-state index in [1.807, 2.05) is 0 Å². The lowest BCUT2D eigenvalue weighted by molar-refractivity contribution is -0.143. The lowest BCUT2D eigenvalue weighted by Crippen LogP contribution is -2.57. The van der Waals surface area contributed by atoms with Crippen LogP contribution in [0.2, 0.25) is 0 Å². The Bertz CT molecular complexity index is 1270. The molecule has 38 heavy (non-hydrogen) atoms. The minimum Gasteiger partial charge on any atom is -0.472 e. The number of halogens is 6. The Morgan fingerprint density at radius 3 is 2.16 bits per heavy atom. The summed E-state index contributed by atoms with van der Waals surface area (Å²) < 4.78 is 85.2. The maximum absolute atomic E-state index is 13.4. The third kappa shape index (κ3) is 6.45. The molecule has 4 rings (SSSR count). The molecule has 0 radical (unpaired) electrons. The number of hydrogen-bond donors (Lipinski definition) is 0. The van der Waals surface area contributed by atoms with Gasteiger partial charge in [0.25, 0.3) is 5.91 Å². The molecule has 1 aromatic heterocycles. The molecule has 1 aliphatic heterocycles. The predicted molar refractivity (Wildman–Crippen MR) is 126 cm³/mol. The van der Waals surface area contributed by atoms with Gasteiger partial charge >= 0.3 is 12.4 Å². The molecule has 1 fully saturated rings. The largest absolute Gasteiger partial charge is 0.472 e. The zero-order chi connectivity index (χ0) is 27.5. The van der Waals surface area contributed by atoms with E-state index in [2.05, 4.69) is 0 Å². The van der Waals surface area contributed by atoms with Crippen molar-refractivity contribution in [2.75, 3.05) is 19.6 Å². The van der Waals surface area contributed by atoms with Gasteiger partial charge in [0.2, 0.25) is 5.91 Å². The van der Waals surface area contributed by atoms with Crippen LogP contribution in [-0.4, -0.2) is 47.3 Å². The molecule has 0 aliphatic carbocycles.